The van der Waals surface area contributed by atoms with Gasteiger partial charge in [-0.1, -0.05) is 29.3 Å². The van der Waals surface area contributed by atoms with Crippen LogP contribution >= 0.6 is 0 Å². The molecule has 0 aromatic heterocycles. The zero-order chi connectivity index (χ0) is 16.9. The first kappa shape index (κ1) is 17.5. The van der Waals surface area contributed by atoms with Crippen molar-refractivity contribution in [1.29, 1.82) is 0 Å². The molecular weight excluding hydrogens is 294 g/mol. The van der Waals surface area contributed by atoms with Gasteiger partial charge in [-0.05, 0) is 38.7 Å². The summed E-state index contributed by atoms with van der Waals surface area (Å²) in [5.41, 5.74) is 2.63. The minimum atomic E-state index is -0.881. The van der Waals surface area contributed by atoms with Gasteiger partial charge in [0.15, 0.2) is 0 Å². The molecular formula is C18H25NO4. The molecule has 0 bridgehead atoms. The molecule has 1 saturated heterocycles. The lowest BCUT2D eigenvalue weighted by Gasteiger charge is -2.33. The van der Waals surface area contributed by atoms with Crippen molar-refractivity contribution >= 4 is 11.9 Å². The van der Waals surface area contributed by atoms with Crippen LogP contribution in [0.2, 0.25) is 0 Å². The standard InChI is InChI=1S/C18H25NO4/c1-13-9-14(2)11-15(10-13)3-4-16(20)19-12-18(17(21)22)5-7-23-8-6-18/h9-11H,3-8,12H2,1-2H3,(H,19,20)(H,21,22). The number of carbonyl (C=O) groups excluding carboxylic acids is 1. The molecule has 0 atom stereocenters. The van der Waals surface area contributed by atoms with Crippen molar-refractivity contribution in [1.82, 2.24) is 5.32 Å². The third-order valence-electron chi connectivity index (χ3n) is 4.45. The van der Waals surface area contributed by atoms with Crippen molar-refractivity contribution in [3.05, 3.63) is 34.9 Å². The molecule has 5 nitrogen and oxygen atoms in total. The van der Waals surface area contributed by atoms with E-state index in [0.717, 1.165) is 5.56 Å². The highest BCUT2D eigenvalue weighted by Crippen LogP contribution is 2.30. The Labute approximate surface area is 137 Å². The van der Waals surface area contributed by atoms with Gasteiger partial charge in [-0.25, -0.2) is 0 Å². The van der Waals surface area contributed by atoms with Crippen LogP contribution in [0.1, 0.15) is 36.0 Å². The number of nitrogens with one attached hydrogen (secondary N) is 1. The van der Waals surface area contributed by atoms with Gasteiger partial charge < -0.3 is 15.2 Å². The van der Waals surface area contributed by atoms with Crippen LogP contribution in [0.4, 0.5) is 0 Å². The van der Waals surface area contributed by atoms with Crippen molar-refractivity contribution in [2.75, 3.05) is 19.8 Å². The SMILES string of the molecule is Cc1cc(C)cc(CCC(=O)NCC2(C(=O)O)CCOCC2)c1. The van der Waals surface area contributed by atoms with Gasteiger partial charge in [-0.2, -0.15) is 0 Å². The Bertz CT molecular complexity index is 556. The quantitative estimate of drug-likeness (QED) is 0.843. The van der Waals surface area contributed by atoms with E-state index in [1.165, 1.54) is 11.1 Å². The second-order valence-corrected chi connectivity index (χ2v) is 6.47. The average molecular weight is 319 g/mol. The maximum Gasteiger partial charge on any atom is 0.311 e. The third kappa shape index (κ3) is 4.79. The van der Waals surface area contributed by atoms with Gasteiger partial charge in [-0.15, -0.1) is 0 Å². The fraction of sp³-hybridized carbons (Fsp3) is 0.556. The monoisotopic (exact) mass is 319 g/mol. The number of hydrogen-bond donors (Lipinski definition) is 2. The lowest BCUT2D eigenvalue weighted by molar-refractivity contribution is -0.154. The van der Waals surface area contributed by atoms with E-state index in [4.69, 9.17) is 4.74 Å². The molecule has 1 aromatic rings. The molecule has 1 heterocycles. The highest BCUT2D eigenvalue weighted by atomic mass is 16.5. The zero-order valence-electron chi connectivity index (χ0n) is 13.9. The molecule has 0 aliphatic carbocycles. The molecule has 0 spiro atoms. The minimum Gasteiger partial charge on any atom is -0.481 e. The van der Waals surface area contributed by atoms with Crippen LogP contribution in [0.15, 0.2) is 18.2 Å². The molecule has 2 rings (SSSR count). The van der Waals surface area contributed by atoms with Gasteiger partial charge in [-0.3, -0.25) is 9.59 Å². The van der Waals surface area contributed by atoms with Crippen molar-refractivity contribution in [3.63, 3.8) is 0 Å². The predicted octanol–water partition coefficient (Wildman–Crippen LogP) is 2.23. The Kier molecular flexibility index (Phi) is 5.77. The van der Waals surface area contributed by atoms with Crippen LogP contribution in [0.5, 0.6) is 0 Å². The molecule has 1 fully saturated rings. The Balaban J connectivity index is 1.85. The van der Waals surface area contributed by atoms with Crippen LogP contribution in [0.25, 0.3) is 0 Å². The maximum absolute atomic E-state index is 12.1. The van der Waals surface area contributed by atoms with Gasteiger partial charge in [0.25, 0.3) is 0 Å². The molecule has 23 heavy (non-hydrogen) atoms. The molecule has 1 aliphatic rings. The van der Waals surface area contributed by atoms with Gasteiger partial charge >= 0.3 is 5.97 Å². The van der Waals surface area contributed by atoms with Crippen LogP contribution in [-0.4, -0.2) is 36.7 Å². The Hall–Kier alpha value is -1.88. The van der Waals surface area contributed by atoms with E-state index < -0.39 is 11.4 Å². The molecule has 0 unspecified atom stereocenters. The first-order valence-corrected chi connectivity index (χ1v) is 8.06. The third-order valence-corrected chi connectivity index (χ3v) is 4.45. The van der Waals surface area contributed by atoms with E-state index in [1.54, 1.807) is 0 Å². The van der Waals surface area contributed by atoms with Crippen molar-refractivity contribution in [3.8, 4) is 0 Å². The Morgan fingerprint density at radius 3 is 2.35 bits per heavy atom. The molecule has 1 amide bonds. The average Bonchev–Trinajstić information content (AvgIpc) is 2.51. The number of carboxylic acids is 1. The number of rotatable bonds is 6. The maximum atomic E-state index is 12.1. The molecule has 1 aliphatic heterocycles. The smallest absolute Gasteiger partial charge is 0.311 e. The summed E-state index contributed by atoms with van der Waals surface area (Å²) in [6, 6.07) is 6.26. The summed E-state index contributed by atoms with van der Waals surface area (Å²) in [4.78, 5) is 23.6. The molecule has 2 N–H and O–H groups in total. The molecule has 0 saturated carbocycles. The van der Waals surface area contributed by atoms with Gasteiger partial charge in [0.1, 0.15) is 0 Å². The summed E-state index contributed by atoms with van der Waals surface area (Å²) in [6.45, 7) is 5.13. The van der Waals surface area contributed by atoms with Crippen LogP contribution in [-0.2, 0) is 20.7 Å². The first-order valence-electron chi connectivity index (χ1n) is 8.06. The summed E-state index contributed by atoms with van der Waals surface area (Å²) in [5, 5.41) is 12.3. The van der Waals surface area contributed by atoms with E-state index in [0.29, 0.717) is 38.9 Å². The number of hydrogen-bond acceptors (Lipinski definition) is 3. The number of carbonyl (C=O) groups is 2. The molecule has 1 aromatic carbocycles. The summed E-state index contributed by atoms with van der Waals surface area (Å²) < 4.78 is 5.23. The summed E-state index contributed by atoms with van der Waals surface area (Å²) in [7, 11) is 0. The molecule has 126 valence electrons. The molecule has 0 radical (unpaired) electrons. The fourth-order valence-electron chi connectivity index (χ4n) is 3.06. The lowest BCUT2D eigenvalue weighted by atomic mass is 9.80. The van der Waals surface area contributed by atoms with Crippen LogP contribution in [0.3, 0.4) is 0 Å². The van der Waals surface area contributed by atoms with Crippen molar-refractivity contribution < 1.29 is 19.4 Å². The summed E-state index contributed by atoms with van der Waals surface area (Å²) >= 11 is 0. The molecule has 5 heteroatoms. The topological polar surface area (TPSA) is 75.6 Å². The first-order chi connectivity index (χ1) is 10.9. The largest absolute Gasteiger partial charge is 0.481 e. The second kappa shape index (κ2) is 7.59. The van der Waals surface area contributed by atoms with E-state index in [2.05, 4.69) is 23.5 Å². The fourth-order valence-corrected chi connectivity index (χ4v) is 3.06. The predicted molar refractivity (Wildman–Crippen MR) is 87.4 cm³/mol. The Morgan fingerprint density at radius 2 is 1.78 bits per heavy atom. The second-order valence-electron chi connectivity index (χ2n) is 6.47. The van der Waals surface area contributed by atoms with Gasteiger partial charge in [0, 0.05) is 26.2 Å². The minimum absolute atomic E-state index is 0.101. The van der Waals surface area contributed by atoms with E-state index in [9.17, 15) is 14.7 Å². The number of aryl methyl sites for hydroxylation is 3. The number of carboxylic acid groups (broad SMARTS) is 1. The van der Waals surface area contributed by atoms with E-state index in [1.807, 2.05) is 13.8 Å². The summed E-state index contributed by atoms with van der Waals surface area (Å²) in [5.74, 6) is -0.952. The highest BCUT2D eigenvalue weighted by molar-refractivity contribution is 5.79. The zero-order valence-corrected chi connectivity index (χ0v) is 13.9. The highest BCUT2D eigenvalue weighted by Gasteiger charge is 2.40. The summed E-state index contributed by atoms with van der Waals surface area (Å²) in [6.07, 6.45) is 1.92. The number of benzene rings is 1. The number of amides is 1. The number of aliphatic carboxylic acids is 1. The van der Waals surface area contributed by atoms with Crippen LogP contribution in [0, 0.1) is 19.3 Å². The van der Waals surface area contributed by atoms with Crippen molar-refractivity contribution in [2.45, 2.75) is 39.5 Å². The van der Waals surface area contributed by atoms with Gasteiger partial charge in [0.2, 0.25) is 5.91 Å². The normalized spacial score (nSPS) is 16.8. The van der Waals surface area contributed by atoms with Crippen LogP contribution < -0.4 is 5.32 Å². The van der Waals surface area contributed by atoms with Gasteiger partial charge in [0.05, 0.1) is 5.41 Å². The lowest BCUT2D eigenvalue weighted by Crippen LogP contribution is -2.46. The Morgan fingerprint density at radius 1 is 1.17 bits per heavy atom. The van der Waals surface area contributed by atoms with Crippen molar-refractivity contribution in [2.24, 2.45) is 5.41 Å². The van der Waals surface area contributed by atoms with E-state index >= 15 is 0 Å². The van der Waals surface area contributed by atoms with E-state index in [-0.39, 0.29) is 12.5 Å². The number of ether oxygens (including phenoxy) is 1.